The largest absolute Gasteiger partial charge is 0.383 e. The molecule has 1 aromatic heterocycles. The zero-order valence-electron chi connectivity index (χ0n) is 10.0. The van der Waals surface area contributed by atoms with E-state index < -0.39 is 0 Å². The second-order valence-corrected chi connectivity index (χ2v) is 5.42. The number of anilines is 1. The van der Waals surface area contributed by atoms with Crippen LogP contribution in [0.25, 0.3) is 5.69 Å². The predicted molar refractivity (Wildman–Crippen MR) is 72.4 cm³/mol. The predicted octanol–water partition coefficient (Wildman–Crippen LogP) is 2.82. The summed E-state index contributed by atoms with van der Waals surface area (Å²) in [7, 11) is 0. The Bertz CT molecular complexity index is 587. The number of aryl methyl sites for hydroxylation is 1. The molecule has 4 heteroatoms. The molecule has 0 saturated carbocycles. The number of aromatic nitrogens is 2. The quantitative estimate of drug-likeness (QED) is 0.840. The van der Waals surface area contributed by atoms with Gasteiger partial charge in [-0.3, -0.25) is 0 Å². The summed E-state index contributed by atoms with van der Waals surface area (Å²) in [6.45, 7) is 4.23. The van der Waals surface area contributed by atoms with Crippen molar-refractivity contribution in [1.29, 1.82) is 0 Å². The van der Waals surface area contributed by atoms with E-state index in [1.807, 2.05) is 16.4 Å². The lowest BCUT2D eigenvalue weighted by molar-refractivity contribution is 0.860. The molecule has 0 saturated heterocycles. The van der Waals surface area contributed by atoms with E-state index in [-0.39, 0.29) is 0 Å². The molecular weight excluding hydrogens is 230 g/mol. The maximum absolute atomic E-state index is 6.19. The lowest BCUT2D eigenvalue weighted by Crippen LogP contribution is -2.05. The van der Waals surface area contributed by atoms with Crippen molar-refractivity contribution in [2.45, 2.75) is 25.4 Å². The van der Waals surface area contributed by atoms with Crippen molar-refractivity contribution in [3.8, 4) is 5.69 Å². The van der Waals surface area contributed by atoms with Crippen LogP contribution in [-0.4, -0.2) is 9.78 Å². The van der Waals surface area contributed by atoms with Gasteiger partial charge < -0.3 is 5.73 Å². The Kier molecular flexibility index (Phi) is 2.40. The summed E-state index contributed by atoms with van der Waals surface area (Å²) in [5.41, 5.74) is 12.2. The molecule has 0 spiro atoms. The minimum Gasteiger partial charge on any atom is -0.383 e. The molecule has 2 heterocycles. The Labute approximate surface area is 105 Å². The van der Waals surface area contributed by atoms with Crippen LogP contribution in [0.15, 0.2) is 18.2 Å². The molecule has 3 rings (SSSR count). The fourth-order valence-electron chi connectivity index (χ4n) is 2.18. The van der Waals surface area contributed by atoms with Gasteiger partial charge in [0.2, 0.25) is 0 Å². The molecule has 1 aliphatic heterocycles. The van der Waals surface area contributed by atoms with E-state index in [0.29, 0.717) is 0 Å². The molecular formula is C13H15N3S. The maximum Gasteiger partial charge on any atom is 0.131 e. The molecule has 0 amide bonds. The van der Waals surface area contributed by atoms with Crippen LogP contribution in [0.5, 0.6) is 0 Å². The average Bonchev–Trinajstić information content (AvgIpc) is 2.87. The average molecular weight is 245 g/mol. The first-order valence-electron chi connectivity index (χ1n) is 5.69. The summed E-state index contributed by atoms with van der Waals surface area (Å²) >= 11 is 1.88. The molecule has 1 aliphatic rings. The van der Waals surface area contributed by atoms with E-state index in [4.69, 9.17) is 5.73 Å². The van der Waals surface area contributed by atoms with Gasteiger partial charge in [-0.25, -0.2) is 4.68 Å². The fourth-order valence-corrected chi connectivity index (χ4v) is 3.23. The Morgan fingerprint density at radius 3 is 2.88 bits per heavy atom. The van der Waals surface area contributed by atoms with Crippen LogP contribution in [0.1, 0.15) is 22.4 Å². The van der Waals surface area contributed by atoms with Gasteiger partial charge in [-0.05, 0) is 31.0 Å². The van der Waals surface area contributed by atoms with Crippen molar-refractivity contribution in [2.24, 2.45) is 0 Å². The van der Waals surface area contributed by atoms with Gasteiger partial charge in [0.05, 0.1) is 11.4 Å². The first-order chi connectivity index (χ1) is 8.18. The van der Waals surface area contributed by atoms with Crippen molar-refractivity contribution in [3.63, 3.8) is 0 Å². The number of benzene rings is 1. The van der Waals surface area contributed by atoms with E-state index >= 15 is 0 Å². The van der Waals surface area contributed by atoms with Gasteiger partial charge >= 0.3 is 0 Å². The number of nitrogen functional groups attached to an aromatic ring is 1. The summed E-state index contributed by atoms with van der Waals surface area (Å²) in [4.78, 5) is 0. The lowest BCUT2D eigenvalue weighted by Gasteiger charge is -2.10. The normalized spacial score (nSPS) is 14.0. The van der Waals surface area contributed by atoms with Gasteiger partial charge in [-0.1, -0.05) is 12.1 Å². The third kappa shape index (κ3) is 1.55. The Balaban J connectivity index is 2.19. The van der Waals surface area contributed by atoms with Crippen LogP contribution in [0.3, 0.4) is 0 Å². The third-order valence-corrected chi connectivity index (χ3v) is 4.37. The number of nitrogens with zero attached hydrogens (tertiary/aromatic N) is 2. The highest BCUT2D eigenvalue weighted by Crippen LogP contribution is 2.34. The third-order valence-electron chi connectivity index (χ3n) is 3.40. The second-order valence-electron chi connectivity index (χ2n) is 4.43. The van der Waals surface area contributed by atoms with Gasteiger partial charge in [0.15, 0.2) is 0 Å². The Morgan fingerprint density at radius 1 is 1.29 bits per heavy atom. The van der Waals surface area contributed by atoms with Gasteiger partial charge in [0, 0.05) is 17.1 Å². The summed E-state index contributed by atoms with van der Waals surface area (Å²) < 4.78 is 1.90. The van der Waals surface area contributed by atoms with Gasteiger partial charge in [-0.2, -0.15) is 16.9 Å². The van der Waals surface area contributed by atoms with Crippen molar-refractivity contribution in [2.75, 3.05) is 5.73 Å². The summed E-state index contributed by atoms with van der Waals surface area (Å²) in [6, 6.07) is 6.24. The van der Waals surface area contributed by atoms with E-state index in [0.717, 1.165) is 28.7 Å². The van der Waals surface area contributed by atoms with E-state index in [1.54, 1.807) is 0 Å². The van der Waals surface area contributed by atoms with E-state index in [2.05, 4.69) is 37.1 Å². The molecule has 3 nitrogen and oxygen atoms in total. The SMILES string of the molecule is Cc1cccc(-n2nc3c(c2N)CSC3)c1C. The van der Waals surface area contributed by atoms with Crippen LogP contribution in [0.4, 0.5) is 5.82 Å². The molecule has 0 radical (unpaired) electrons. The molecule has 1 aromatic carbocycles. The second kappa shape index (κ2) is 3.81. The molecule has 0 unspecified atom stereocenters. The summed E-state index contributed by atoms with van der Waals surface area (Å²) in [5, 5.41) is 4.63. The zero-order chi connectivity index (χ0) is 12.0. The number of hydrogen-bond acceptors (Lipinski definition) is 3. The molecule has 88 valence electrons. The van der Waals surface area contributed by atoms with Crippen LogP contribution in [0.2, 0.25) is 0 Å². The molecule has 17 heavy (non-hydrogen) atoms. The van der Waals surface area contributed by atoms with Crippen LogP contribution in [-0.2, 0) is 11.5 Å². The van der Waals surface area contributed by atoms with Gasteiger partial charge in [-0.15, -0.1) is 0 Å². The van der Waals surface area contributed by atoms with E-state index in [9.17, 15) is 0 Å². The van der Waals surface area contributed by atoms with Crippen molar-refractivity contribution in [3.05, 3.63) is 40.6 Å². The minimum atomic E-state index is 0.804. The van der Waals surface area contributed by atoms with E-state index in [1.165, 1.54) is 16.7 Å². The molecule has 2 aromatic rings. The maximum atomic E-state index is 6.19. The van der Waals surface area contributed by atoms with Crippen molar-refractivity contribution < 1.29 is 0 Å². The number of fused-ring (bicyclic) bond motifs is 1. The highest BCUT2D eigenvalue weighted by molar-refractivity contribution is 7.98. The lowest BCUT2D eigenvalue weighted by atomic mass is 10.1. The summed E-state index contributed by atoms with van der Waals surface area (Å²) in [6.07, 6.45) is 0. The highest BCUT2D eigenvalue weighted by Gasteiger charge is 2.22. The smallest absolute Gasteiger partial charge is 0.131 e. The zero-order valence-corrected chi connectivity index (χ0v) is 10.8. The molecule has 0 fully saturated rings. The van der Waals surface area contributed by atoms with Crippen LogP contribution < -0.4 is 5.73 Å². The first kappa shape index (κ1) is 10.7. The molecule has 0 bridgehead atoms. The van der Waals surface area contributed by atoms with Gasteiger partial charge in [0.1, 0.15) is 5.82 Å². The molecule has 0 aliphatic carbocycles. The minimum absolute atomic E-state index is 0.804. The Morgan fingerprint density at radius 2 is 2.12 bits per heavy atom. The molecule has 0 atom stereocenters. The van der Waals surface area contributed by atoms with Crippen molar-refractivity contribution >= 4 is 17.6 Å². The first-order valence-corrected chi connectivity index (χ1v) is 6.84. The standard InChI is InChI=1S/C13H15N3S/c1-8-4-3-5-12(9(8)2)16-13(14)10-6-17-7-11(10)15-16/h3-5H,6-7,14H2,1-2H3. The van der Waals surface area contributed by atoms with Crippen LogP contribution in [0, 0.1) is 13.8 Å². The van der Waals surface area contributed by atoms with Crippen molar-refractivity contribution in [1.82, 2.24) is 9.78 Å². The highest BCUT2D eigenvalue weighted by atomic mass is 32.2. The fraction of sp³-hybridized carbons (Fsp3) is 0.308. The number of rotatable bonds is 1. The Hall–Kier alpha value is -1.42. The topological polar surface area (TPSA) is 43.8 Å². The number of thioether (sulfide) groups is 1. The van der Waals surface area contributed by atoms with Crippen LogP contribution >= 0.6 is 11.8 Å². The van der Waals surface area contributed by atoms with Gasteiger partial charge in [0.25, 0.3) is 0 Å². The monoisotopic (exact) mass is 245 g/mol. The molecule has 2 N–H and O–H groups in total. The number of nitrogens with two attached hydrogens (primary N) is 1. The summed E-state index contributed by atoms with van der Waals surface area (Å²) in [5.74, 6) is 2.78. The number of hydrogen-bond donors (Lipinski definition) is 1.